The smallest absolute Gasteiger partial charge is 0.238 e. The predicted octanol–water partition coefficient (Wildman–Crippen LogP) is 2.39. The molecular formula is C19H20N4O4S2. The van der Waals surface area contributed by atoms with Crippen molar-refractivity contribution in [2.75, 3.05) is 11.1 Å². The van der Waals surface area contributed by atoms with Crippen LogP contribution in [0.2, 0.25) is 0 Å². The quantitative estimate of drug-likeness (QED) is 0.423. The van der Waals surface area contributed by atoms with Crippen molar-refractivity contribution in [1.29, 1.82) is 0 Å². The van der Waals surface area contributed by atoms with Gasteiger partial charge in [-0.15, -0.1) is 0 Å². The number of benzene rings is 2. The van der Waals surface area contributed by atoms with Crippen LogP contribution in [-0.2, 0) is 21.2 Å². The summed E-state index contributed by atoms with van der Waals surface area (Å²) >= 11 is 1.27. The molecule has 0 radical (unpaired) electrons. The number of rotatable bonds is 7. The molecule has 1 heterocycles. The maximum absolute atomic E-state index is 12.1. The number of H-pyrrole nitrogens is 1. The van der Waals surface area contributed by atoms with Crippen molar-refractivity contribution in [2.45, 2.75) is 23.4 Å². The van der Waals surface area contributed by atoms with Gasteiger partial charge in [0, 0.05) is 17.8 Å². The molecule has 0 aliphatic heterocycles. The number of hydrogen-bond donors (Lipinski definition) is 4. The van der Waals surface area contributed by atoms with Crippen LogP contribution in [0.4, 0.5) is 5.69 Å². The number of aromatic nitrogens is 2. The number of hydrogen-bond acceptors (Lipinski definition) is 6. The maximum Gasteiger partial charge on any atom is 0.238 e. The van der Waals surface area contributed by atoms with Gasteiger partial charge in [0.05, 0.1) is 16.3 Å². The highest BCUT2D eigenvalue weighted by molar-refractivity contribution is 7.99. The third kappa shape index (κ3) is 5.83. The average molecular weight is 433 g/mol. The van der Waals surface area contributed by atoms with Crippen molar-refractivity contribution in [3.8, 4) is 5.75 Å². The number of amides is 1. The maximum atomic E-state index is 12.1. The summed E-state index contributed by atoms with van der Waals surface area (Å²) in [4.78, 5) is 19.8. The third-order valence-electron chi connectivity index (χ3n) is 4.08. The molecule has 0 unspecified atom stereocenters. The Kier molecular flexibility index (Phi) is 6.26. The van der Waals surface area contributed by atoms with Crippen LogP contribution in [0.25, 0.3) is 0 Å². The van der Waals surface area contributed by atoms with E-state index >= 15 is 0 Å². The molecule has 29 heavy (non-hydrogen) atoms. The van der Waals surface area contributed by atoms with E-state index in [9.17, 15) is 18.3 Å². The van der Waals surface area contributed by atoms with Gasteiger partial charge in [-0.05, 0) is 48.9 Å². The van der Waals surface area contributed by atoms with E-state index in [1.54, 1.807) is 12.1 Å². The van der Waals surface area contributed by atoms with Crippen LogP contribution >= 0.6 is 11.8 Å². The summed E-state index contributed by atoms with van der Waals surface area (Å²) < 4.78 is 22.5. The number of carbonyl (C=O) groups excluding carboxylic acids is 1. The van der Waals surface area contributed by atoms with Gasteiger partial charge in [-0.3, -0.25) is 4.79 Å². The summed E-state index contributed by atoms with van der Waals surface area (Å²) in [6, 6.07) is 12.6. The summed E-state index contributed by atoms with van der Waals surface area (Å²) in [5.74, 6) is 0.115. The topological polar surface area (TPSA) is 138 Å². The number of aromatic amines is 1. The van der Waals surface area contributed by atoms with Crippen LogP contribution < -0.4 is 10.5 Å². The van der Waals surface area contributed by atoms with Crippen molar-refractivity contribution in [2.24, 2.45) is 5.14 Å². The molecule has 0 bridgehead atoms. The molecule has 2 aromatic carbocycles. The lowest BCUT2D eigenvalue weighted by atomic mass is 10.1. The number of phenols is 1. The Hall–Kier alpha value is -2.82. The van der Waals surface area contributed by atoms with Crippen LogP contribution in [0, 0.1) is 6.92 Å². The van der Waals surface area contributed by atoms with Crippen LogP contribution in [-0.4, -0.2) is 35.2 Å². The summed E-state index contributed by atoms with van der Waals surface area (Å²) in [5.41, 5.74) is 3.29. The van der Waals surface area contributed by atoms with E-state index in [2.05, 4.69) is 15.3 Å². The van der Waals surface area contributed by atoms with Crippen molar-refractivity contribution in [3.63, 3.8) is 0 Å². The number of carbonyl (C=O) groups is 1. The van der Waals surface area contributed by atoms with Crippen molar-refractivity contribution >= 4 is 33.4 Å². The van der Waals surface area contributed by atoms with Crippen LogP contribution in [0.3, 0.4) is 0 Å². The number of nitrogens with two attached hydrogens (primary N) is 1. The molecule has 0 saturated heterocycles. The normalized spacial score (nSPS) is 11.4. The minimum absolute atomic E-state index is 0.0166. The predicted molar refractivity (Wildman–Crippen MR) is 111 cm³/mol. The molecule has 1 aromatic heterocycles. The number of aryl methyl sites for hydroxylation is 1. The minimum Gasteiger partial charge on any atom is -0.508 e. The van der Waals surface area contributed by atoms with E-state index in [0.717, 1.165) is 17.0 Å². The molecule has 3 rings (SSSR count). The van der Waals surface area contributed by atoms with Crippen molar-refractivity contribution < 1.29 is 18.3 Å². The van der Waals surface area contributed by atoms with Gasteiger partial charge in [-0.2, -0.15) is 0 Å². The van der Waals surface area contributed by atoms with Gasteiger partial charge in [0.15, 0.2) is 5.16 Å². The molecule has 152 valence electrons. The standard InChI is InChI=1S/C19H20N4O4S2/c1-12-17(10-13-2-6-15(24)7-3-13)23-19(21-12)28-11-18(25)22-14-4-8-16(9-5-14)29(20,26)27/h2-9,24H,10-11H2,1H3,(H,21,23)(H,22,25)(H2,20,26,27). The first-order chi connectivity index (χ1) is 13.7. The number of anilines is 1. The molecular weight excluding hydrogens is 412 g/mol. The van der Waals surface area contributed by atoms with Gasteiger partial charge in [0.25, 0.3) is 0 Å². The molecule has 8 nitrogen and oxygen atoms in total. The molecule has 5 N–H and O–H groups in total. The number of imidazole rings is 1. The Balaban J connectivity index is 1.55. The zero-order valence-electron chi connectivity index (χ0n) is 15.5. The highest BCUT2D eigenvalue weighted by Gasteiger charge is 2.11. The Morgan fingerprint density at radius 2 is 1.83 bits per heavy atom. The number of nitrogens with one attached hydrogen (secondary N) is 2. The van der Waals surface area contributed by atoms with Gasteiger partial charge in [0.2, 0.25) is 15.9 Å². The van der Waals surface area contributed by atoms with Crippen LogP contribution in [0.1, 0.15) is 17.0 Å². The van der Waals surface area contributed by atoms with Gasteiger partial charge < -0.3 is 15.4 Å². The summed E-state index contributed by atoms with van der Waals surface area (Å²) in [6.07, 6.45) is 0.617. The van der Waals surface area contributed by atoms with Crippen LogP contribution in [0.15, 0.2) is 58.6 Å². The Morgan fingerprint density at radius 1 is 1.17 bits per heavy atom. The monoisotopic (exact) mass is 432 g/mol. The van der Waals surface area contributed by atoms with Crippen molar-refractivity contribution in [1.82, 2.24) is 9.97 Å². The molecule has 0 saturated carbocycles. The lowest BCUT2D eigenvalue weighted by Gasteiger charge is -2.05. The zero-order chi connectivity index (χ0) is 21.0. The molecule has 0 spiro atoms. The summed E-state index contributed by atoms with van der Waals surface area (Å²) in [5, 5.41) is 17.7. The average Bonchev–Trinajstić information content (AvgIpc) is 3.01. The second-order valence-electron chi connectivity index (χ2n) is 6.36. The highest BCUT2D eigenvalue weighted by Crippen LogP contribution is 2.20. The van der Waals surface area contributed by atoms with E-state index in [-0.39, 0.29) is 22.3 Å². The summed E-state index contributed by atoms with van der Waals surface area (Å²) in [7, 11) is -3.76. The highest BCUT2D eigenvalue weighted by atomic mass is 32.2. The van der Waals surface area contributed by atoms with Gasteiger partial charge in [0.1, 0.15) is 5.75 Å². The van der Waals surface area contributed by atoms with Crippen LogP contribution in [0.5, 0.6) is 5.75 Å². The first-order valence-electron chi connectivity index (χ1n) is 8.59. The van der Waals surface area contributed by atoms with Gasteiger partial charge >= 0.3 is 0 Å². The minimum atomic E-state index is -3.76. The fraction of sp³-hybridized carbons (Fsp3) is 0.158. The lowest BCUT2D eigenvalue weighted by molar-refractivity contribution is -0.113. The molecule has 3 aromatic rings. The fourth-order valence-corrected chi connectivity index (χ4v) is 3.83. The second kappa shape index (κ2) is 8.68. The number of primary sulfonamides is 1. The SMILES string of the molecule is Cc1[nH]c(SCC(=O)Nc2ccc(S(N)(=O)=O)cc2)nc1Cc1ccc(O)cc1. The molecule has 0 aliphatic rings. The van der Waals surface area contributed by atoms with Gasteiger partial charge in [-0.25, -0.2) is 18.5 Å². The second-order valence-corrected chi connectivity index (χ2v) is 8.89. The zero-order valence-corrected chi connectivity index (χ0v) is 17.2. The summed E-state index contributed by atoms with van der Waals surface area (Å²) in [6.45, 7) is 1.92. The first-order valence-corrected chi connectivity index (χ1v) is 11.1. The van der Waals surface area contributed by atoms with Gasteiger partial charge in [-0.1, -0.05) is 23.9 Å². The number of thioether (sulfide) groups is 1. The largest absolute Gasteiger partial charge is 0.508 e. The van der Waals surface area contributed by atoms with E-state index in [1.807, 2.05) is 19.1 Å². The first kappa shape index (κ1) is 20.9. The number of nitrogens with zero attached hydrogens (tertiary/aromatic N) is 1. The number of aromatic hydroxyl groups is 1. The van der Waals surface area contributed by atoms with E-state index in [0.29, 0.717) is 17.3 Å². The fourth-order valence-electron chi connectivity index (χ4n) is 2.57. The number of sulfonamides is 1. The lowest BCUT2D eigenvalue weighted by Crippen LogP contribution is -2.15. The third-order valence-corrected chi connectivity index (χ3v) is 5.88. The molecule has 10 heteroatoms. The van der Waals surface area contributed by atoms with E-state index in [1.165, 1.54) is 36.0 Å². The Labute approximate surface area is 172 Å². The Morgan fingerprint density at radius 3 is 2.45 bits per heavy atom. The van der Waals surface area contributed by atoms with Crippen molar-refractivity contribution in [3.05, 3.63) is 65.5 Å². The molecule has 1 amide bonds. The van der Waals surface area contributed by atoms with E-state index in [4.69, 9.17) is 5.14 Å². The van der Waals surface area contributed by atoms with E-state index < -0.39 is 10.0 Å². The molecule has 0 fully saturated rings. The Bertz CT molecular complexity index is 1110. The molecule has 0 atom stereocenters. The number of phenolic OH excluding ortho intramolecular Hbond substituents is 1. The molecule has 0 aliphatic carbocycles.